The molecule has 0 aliphatic heterocycles. The van der Waals surface area contributed by atoms with Crippen LogP contribution in [0.2, 0.25) is 0 Å². The zero-order chi connectivity index (χ0) is 10.1. The normalized spacial score (nSPS) is 10.8. The van der Waals surface area contributed by atoms with Crippen molar-refractivity contribution in [1.29, 1.82) is 5.26 Å². The second-order valence-electron chi connectivity index (χ2n) is 3.06. The van der Waals surface area contributed by atoms with Crippen LogP contribution in [-0.2, 0) is 4.79 Å². The fourth-order valence-corrected chi connectivity index (χ4v) is 0.886. The van der Waals surface area contributed by atoms with Gasteiger partial charge < -0.3 is 0 Å². The van der Waals surface area contributed by atoms with Crippen LogP contribution < -0.4 is 0 Å². The van der Waals surface area contributed by atoms with Gasteiger partial charge in [-0.3, -0.25) is 4.79 Å². The van der Waals surface area contributed by atoms with Gasteiger partial charge in [-0.05, 0) is 6.42 Å². The molecule has 0 saturated carbocycles. The van der Waals surface area contributed by atoms with E-state index in [0.717, 1.165) is 19.3 Å². The Hall–Kier alpha value is -1.28. The fourth-order valence-electron chi connectivity index (χ4n) is 0.886. The van der Waals surface area contributed by atoms with E-state index >= 15 is 0 Å². The highest BCUT2D eigenvalue weighted by atomic mass is 16.1. The summed E-state index contributed by atoms with van der Waals surface area (Å²) in [6, 6.07) is 1.59. The molecule has 0 N–H and O–H groups in total. The summed E-state index contributed by atoms with van der Waals surface area (Å²) in [5, 5.41) is 8.25. The maximum absolute atomic E-state index is 10.7. The quantitative estimate of drug-likeness (QED) is 0.375. The number of nitrogens with zero attached hydrogens (tertiary/aromatic N) is 1. The molecular weight excluding hydrogens is 162 g/mol. The third kappa shape index (κ3) is 7.09. The first-order valence-electron chi connectivity index (χ1n) is 4.62. The molecule has 0 aromatic rings. The first-order chi connectivity index (χ1) is 6.20. The van der Waals surface area contributed by atoms with Gasteiger partial charge in [0.25, 0.3) is 0 Å². The molecule has 13 heavy (non-hydrogen) atoms. The second-order valence-corrected chi connectivity index (χ2v) is 3.06. The summed E-state index contributed by atoms with van der Waals surface area (Å²) < 4.78 is 0. The molecule has 0 aromatic carbocycles. The van der Waals surface area contributed by atoms with Gasteiger partial charge in [0.1, 0.15) is 6.07 Å². The van der Waals surface area contributed by atoms with Crippen LogP contribution >= 0.6 is 0 Å². The van der Waals surface area contributed by atoms with Crippen molar-refractivity contribution in [1.82, 2.24) is 0 Å². The zero-order valence-corrected chi connectivity index (χ0v) is 8.26. The minimum atomic E-state index is -0.378. The lowest BCUT2D eigenvalue weighted by Gasteiger charge is -1.96. The average molecular weight is 177 g/mol. The Morgan fingerprint density at radius 2 is 2.23 bits per heavy atom. The van der Waals surface area contributed by atoms with Crippen molar-refractivity contribution in [3.8, 4) is 17.9 Å². The average Bonchev–Trinajstić information content (AvgIpc) is 2.12. The summed E-state index contributed by atoms with van der Waals surface area (Å²) in [5.41, 5.74) is 0. The van der Waals surface area contributed by atoms with Crippen molar-refractivity contribution in [2.45, 2.75) is 39.5 Å². The van der Waals surface area contributed by atoms with E-state index < -0.39 is 0 Å². The van der Waals surface area contributed by atoms with Crippen LogP contribution in [0.4, 0.5) is 0 Å². The summed E-state index contributed by atoms with van der Waals surface area (Å²) in [5.74, 6) is 5.60. The third-order valence-electron chi connectivity index (χ3n) is 1.62. The van der Waals surface area contributed by atoms with Gasteiger partial charge in [0.2, 0.25) is 5.78 Å². The van der Waals surface area contributed by atoms with Crippen LogP contribution in [0.5, 0.6) is 0 Å². The van der Waals surface area contributed by atoms with Crippen LogP contribution in [0.3, 0.4) is 0 Å². The molecule has 0 heterocycles. The molecule has 0 saturated heterocycles. The lowest BCUT2D eigenvalue weighted by Crippen LogP contribution is -2.00. The number of carbonyl (C=O) groups excluding carboxylic acids is 1. The van der Waals surface area contributed by atoms with Crippen molar-refractivity contribution in [2.75, 3.05) is 0 Å². The molecule has 0 amide bonds. The zero-order valence-electron chi connectivity index (χ0n) is 8.26. The van der Waals surface area contributed by atoms with Gasteiger partial charge in [0, 0.05) is 18.8 Å². The Morgan fingerprint density at radius 1 is 1.54 bits per heavy atom. The highest BCUT2D eigenvalue weighted by Gasteiger charge is 2.04. The number of ketones is 1. The number of carbonyl (C=O) groups is 1. The molecule has 0 aliphatic carbocycles. The number of unbranched alkanes of at least 4 members (excludes halogenated alkanes) is 2. The molecule has 2 nitrogen and oxygen atoms in total. The summed E-state index contributed by atoms with van der Waals surface area (Å²) in [7, 11) is 0. The Balaban J connectivity index is 3.71. The molecule has 0 aromatic heterocycles. The number of rotatable bonds is 4. The van der Waals surface area contributed by atoms with Crippen LogP contribution in [0.15, 0.2) is 0 Å². The van der Waals surface area contributed by atoms with E-state index in [9.17, 15) is 4.79 Å². The summed E-state index contributed by atoms with van der Waals surface area (Å²) in [6.45, 7) is 3.98. The monoisotopic (exact) mass is 177 g/mol. The van der Waals surface area contributed by atoms with Gasteiger partial charge in [-0.15, -0.1) is 5.92 Å². The smallest absolute Gasteiger partial charge is 0.233 e. The van der Waals surface area contributed by atoms with E-state index in [4.69, 9.17) is 5.26 Å². The van der Waals surface area contributed by atoms with Gasteiger partial charge in [-0.1, -0.05) is 26.2 Å². The highest BCUT2D eigenvalue weighted by Crippen LogP contribution is 2.00. The number of nitriles is 1. The van der Waals surface area contributed by atoms with Gasteiger partial charge in [0.15, 0.2) is 0 Å². The van der Waals surface area contributed by atoms with E-state index in [1.54, 1.807) is 6.07 Å². The number of Topliss-reactive ketones (excluding diaryl/α,β-unsaturated/α-hetero) is 1. The Kier molecular flexibility index (Phi) is 6.65. The van der Waals surface area contributed by atoms with Crippen molar-refractivity contribution in [2.24, 2.45) is 5.92 Å². The van der Waals surface area contributed by atoms with Crippen LogP contribution in [0.25, 0.3) is 0 Å². The van der Waals surface area contributed by atoms with E-state index in [0.29, 0.717) is 0 Å². The fraction of sp³-hybridized carbons (Fsp3) is 0.636. The molecule has 0 rings (SSSR count). The lowest BCUT2D eigenvalue weighted by molar-refractivity contribution is -0.114. The van der Waals surface area contributed by atoms with E-state index in [2.05, 4.69) is 18.8 Å². The molecule has 0 aliphatic rings. The maximum atomic E-state index is 10.7. The van der Waals surface area contributed by atoms with Gasteiger partial charge in [-0.25, -0.2) is 0 Å². The molecule has 0 fully saturated rings. The van der Waals surface area contributed by atoms with E-state index in [1.807, 2.05) is 6.92 Å². The summed E-state index contributed by atoms with van der Waals surface area (Å²) in [4.78, 5) is 10.7. The molecule has 2 heteroatoms. The van der Waals surface area contributed by atoms with Gasteiger partial charge in [-0.2, -0.15) is 5.26 Å². The third-order valence-corrected chi connectivity index (χ3v) is 1.62. The Bertz CT molecular complexity index is 251. The Labute approximate surface area is 79.9 Å². The lowest BCUT2D eigenvalue weighted by atomic mass is 10.1. The van der Waals surface area contributed by atoms with Gasteiger partial charge >= 0.3 is 0 Å². The second kappa shape index (κ2) is 7.37. The van der Waals surface area contributed by atoms with Crippen molar-refractivity contribution in [3.05, 3.63) is 0 Å². The predicted molar refractivity (Wildman–Crippen MR) is 51.7 cm³/mol. The SMILES string of the molecule is CCCCC#CC(C)CC(=O)C#N. The highest BCUT2D eigenvalue weighted by molar-refractivity contribution is 5.93. The molecular formula is C11H15NO. The summed E-state index contributed by atoms with van der Waals surface area (Å²) in [6.07, 6.45) is 3.39. The van der Waals surface area contributed by atoms with Gasteiger partial charge in [0.05, 0.1) is 0 Å². The summed E-state index contributed by atoms with van der Waals surface area (Å²) >= 11 is 0. The number of hydrogen-bond donors (Lipinski definition) is 0. The maximum Gasteiger partial charge on any atom is 0.233 e. The van der Waals surface area contributed by atoms with E-state index in [-0.39, 0.29) is 18.1 Å². The minimum Gasteiger partial charge on any atom is -0.283 e. The predicted octanol–water partition coefficient (Wildman–Crippen LogP) is 2.30. The first kappa shape index (κ1) is 11.7. The number of hydrogen-bond acceptors (Lipinski definition) is 2. The largest absolute Gasteiger partial charge is 0.283 e. The van der Waals surface area contributed by atoms with Crippen molar-refractivity contribution >= 4 is 5.78 Å². The molecule has 0 radical (unpaired) electrons. The standard InChI is InChI=1S/C11H15NO/c1-3-4-5-6-7-10(2)8-11(13)9-12/h10H,3-5,8H2,1-2H3. The molecule has 0 bridgehead atoms. The first-order valence-corrected chi connectivity index (χ1v) is 4.62. The van der Waals surface area contributed by atoms with Crippen molar-refractivity contribution in [3.63, 3.8) is 0 Å². The van der Waals surface area contributed by atoms with Crippen LogP contribution in [0.1, 0.15) is 39.5 Å². The van der Waals surface area contributed by atoms with Crippen LogP contribution in [-0.4, -0.2) is 5.78 Å². The Morgan fingerprint density at radius 3 is 2.77 bits per heavy atom. The minimum absolute atomic E-state index is 0.0176. The molecule has 0 spiro atoms. The molecule has 1 unspecified atom stereocenters. The topological polar surface area (TPSA) is 40.9 Å². The molecule has 70 valence electrons. The molecule has 1 atom stereocenters. The van der Waals surface area contributed by atoms with E-state index in [1.165, 1.54) is 0 Å². The van der Waals surface area contributed by atoms with Crippen molar-refractivity contribution < 1.29 is 4.79 Å². The van der Waals surface area contributed by atoms with Crippen LogP contribution in [0, 0.1) is 29.1 Å².